The highest BCUT2D eigenvalue weighted by Gasteiger charge is 2.25. The average Bonchev–Trinajstić information content (AvgIpc) is 3.43. The minimum absolute atomic E-state index is 0. The van der Waals surface area contributed by atoms with Gasteiger partial charge in [0.05, 0.1) is 59.9 Å². The molecule has 0 bridgehead atoms. The number of aliphatic carboxylic acids is 1. The van der Waals surface area contributed by atoms with E-state index < -0.39 is 141 Å². The van der Waals surface area contributed by atoms with Gasteiger partial charge in [-0.05, 0) is 20.8 Å². The SMILES string of the molecule is C.C.COC(=O)/C=C/C(=O)OCCOC(=O)OC[C@H](N)C(C)=O.COC(=O)/C=C/C(=O)OCOC(=O)C[C@H](N)C(C)=O.COC(=O)/C=C/C(=O)OCOC(=O)[C@@H](N)CC(C)=O.COC(=O)/C=C/C(=O)OCOC(=O)[C@H](CC(=O)O)NC(=O)CN. The van der Waals surface area contributed by atoms with Gasteiger partial charge in [0.2, 0.25) is 26.3 Å². The predicted molar refractivity (Wildman–Crippen MR) is 276 cm³/mol. The zero-order valence-electron chi connectivity index (χ0n) is 45.0. The second kappa shape index (κ2) is 52.6. The first kappa shape index (κ1) is 85.5. The maximum Gasteiger partial charge on any atom is 0.508 e. The van der Waals surface area contributed by atoms with Crippen molar-refractivity contribution in [1.82, 2.24) is 5.32 Å². The van der Waals surface area contributed by atoms with Crippen molar-refractivity contribution in [2.75, 3.05) is 75.2 Å². The fraction of sp³-hybridized carbons (Fsp3) is 0.479. The lowest BCUT2D eigenvalue weighted by molar-refractivity contribution is -0.168. The van der Waals surface area contributed by atoms with Crippen molar-refractivity contribution in [3.8, 4) is 0 Å². The Kier molecular flexibility index (Phi) is 53.5. The molecule has 0 radical (unpaired) electrons. The molecule has 0 aromatic carbocycles. The first-order valence-electron chi connectivity index (χ1n) is 22.4. The molecule has 36 nitrogen and oxygen atoms in total. The van der Waals surface area contributed by atoms with E-state index in [9.17, 15) is 81.5 Å². The van der Waals surface area contributed by atoms with E-state index in [1.165, 1.54) is 20.8 Å². The zero-order chi connectivity index (χ0) is 63.8. The summed E-state index contributed by atoms with van der Waals surface area (Å²) >= 11 is 0. The molecule has 1 amide bonds. The van der Waals surface area contributed by atoms with Gasteiger partial charge in [-0.1, -0.05) is 14.9 Å². The largest absolute Gasteiger partial charge is 0.508 e. The van der Waals surface area contributed by atoms with E-state index in [2.05, 4.69) is 61.6 Å². The molecule has 0 heterocycles. The molecule has 4 atom stereocenters. The van der Waals surface area contributed by atoms with Crippen LogP contribution in [0, 0.1) is 0 Å². The Balaban J connectivity index is -0.000000240. The molecule has 0 fully saturated rings. The maximum absolute atomic E-state index is 11.6. The molecule has 0 aliphatic rings. The third-order valence-corrected chi connectivity index (χ3v) is 7.81. The van der Waals surface area contributed by atoms with Crippen molar-refractivity contribution in [3.05, 3.63) is 48.6 Å². The fourth-order valence-electron chi connectivity index (χ4n) is 3.64. The molecule has 0 spiro atoms. The number of esters is 11. The van der Waals surface area contributed by atoms with Crippen LogP contribution in [0.15, 0.2) is 48.6 Å². The number of ether oxygens (including phenoxy) is 13. The number of Topliss-reactive ketones (excluding diaryl/α,β-unsaturated/α-hetero) is 3. The summed E-state index contributed by atoms with van der Waals surface area (Å²) in [6.07, 6.45) is 4.41. The number of carbonyl (C=O) groups is 17. The number of nitrogens with one attached hydrogen (secondary N) is 1. The molecule has 84 heavy (non-hydrogen) atoms. The van der Waals surface area contributed by atoms with Gasteiger partial charge in [0, 0.05) is 55.0 Å². The Morgan fingerprint density at radius 1 is 0.429 bits per heavy atom. The average molecular weight is 1210 g/mol. The maximum atomic E-state index is 11.6. The van der Waals surface area contributed by atoms with Crippen LogP contribution in [0.25, 0.3) is 0 Å². The third-order valence-electron chi connectivity index (χ3n) is 7.81. The molecule has 0 unspecified atom stereocenters. The normalized spacial score (nSPS) is 11.3. The molecule has 0 aromatic rings. The summed E-state index contributed by atoms with van der Waals surface area (Å²) in [4.78, 5) is 186. The van der Waals surface area contributed by atoms with Crippen molar-refractivity contribution in [2.24, 2.45) is 22.9 Å². The summed E-state index contributed by atoms with van der Waals surface area (Å²) in [5.41, 5.74) is 21.0. The van der Waals surface area contributed by atoms with Crippen molar-refractivity contribution in [3.63, 3.8) is 0 Å². The van der Waals surface area contributed by atoms with Crippen molar-refractivity contribution >= 4 is 101 Å². The number of amides is 1. The van der Waals surface area contributed by atoms with E-state index in [0.717, 1.165) is 77.0 Å². The summed E-state index contributed by atoms with van der Waals surface area (Å²) in [7, 11) is 4.57. The number of methoxy groups -OCH3 is 4. The lowest BCUT2D eigenvalue weighted by Crippen LogP contribution is -2.45. The van der Waals surface area contributed by atoms with E-state index in [-0.39, 0.29) is 64.9 Å². The number of carbonyl (C=O) groups excluding carboxylic acids is 16. The summed E-state index contributed by atoms with van der Waals surface area (Å²) in [5, 5.41) is 10.7. The van der Waals surface area contributed by atoms with Crippen LogP contribution in [-0.4, -0.2) is 206 Å². The van der Waals surface area contributed by atoms with Crippen LogP contribution in [0.5, 0.6) is 0 Å². The molecule has 474 valence electrons. The Hall–Kier alpha value is -9.81. The minimum atomic E-state index is -1.48. The molecule has 0 rings (SSSR count). The first-order valence-corrected chi connectivity index (χ1v) is 22.4. The number of rotatable bonds is 31. The van der Waals surface area contributed by atoms with Crippen molar-refractivity contribution < 1.29 is 148 Å². The van der Waals surface area contributed by atoms with Gasteiger partial charge in [-0.25, -0.2) is 47.9 Å². The van der Waals surface area contributed by atoms with Crippen LogP contribution < -0.4 is 28.3 Å². The number of ketones is 3. The van der Waals surface area contributed by atoms with E-state index in [0.29, 0.717) is 0 Å². The van der Waals surface area contributed by atoms with Crippen LogP contribution in [0.4, 0.5) is 4.79 Å². The van der Waals surface area contributed by atoms with Gasteiger partial charge in [-0.15, -0.1) is 0 Å². The molecular weight excluding hydrogens is 1140 g/mol. The second-order valence-corrected chi connectivity index (χ2v) is 14.3. The smallest absolute Gasteiger partial charge is 0.481 e. The Morgan fingerprint density at radius 2 is 0.786 bits per heavy atom. The quantitative estimate of drug-likeness (QED) is 0.0128. The van der Waals surface area contributed by atoms with Gasteiger partial charge in [0.25, 0.3) is 0 Å². The zero-order valence-corrected chi connectivity index (χ0v) is 45.0. The topological polar surface area (TPSA) is 547 Å². The van der Waals surface area contributed by atoms with Crippen LogP contribution in [0.2, 0.25) is 0 Å². The van der Waals surface area contributed by atoms with E-state index >= 15 is 0 Å². The molecule has 10 N–H and O–H groups in total. The number of hydrogen-bond acceptors (Lipinski definition) is 34. The van der Waals surface area contributed by atoms with Crippen LogP contribution in [0.1, 0.15) is 54.9 Å². The van der Waals surface area contributed by atoms with Crippen molar-refractivity contribution in [1.29, 1.82) is 0 Å². The van der Waals surface area contributed by atoms with Gasteiger partial charge in [-0.2, -0.15) is 0 Å². The summed E-state index contributed by atoms with van der Waals surface area (Å²) in [6, 6.07) is -4.42. The fourth-order valence-corrected chi connectivity index (χ4v) is 3.64. The molecular formula is C48H71N5O31. The summed E-state index contributed by atoms with van der Waals surface area (Å²) in [6.45, 7) is 0.456. The third kappa shape index (κ3) is 54.2. The van der Waals surface area contributed by atoms with Crippen LogP contribution in [0.3, 0.4) is 0 Å². The van der Waals surface area contributed by atoms with Gasteiger partial charge >= 0.3 is 77.8 Å². The Labute approximate surface area is 479 Å². The lowest BCUT2D eigenvalue weighted by Gasteiger charge is -2.15. The molecule has 36 heteroatoms. The number of carboxylic acid groups (broad SMARTS) is 1. The summed E-state index contributed by atoms with van der Waals surface area (Å²) < 4.78 is 57.5. The monoisotopic (exact) mass is 1210 g/mol. The highest BCUT2D eigenvalue weighted by Crippen LogP contribution is 1.99. The Bertz CT molecular complexity index is 2330. The van der Waals surface area contributed by atoms with E-state index in [1.54, 1.807) is 0 Å². The van der Waals surface area contributed by atoms with Gasteiger partial charge < -0.3 is 94.9 Å². The van der Waals surface area contributed by atoms with E-state index in [1.807, 2.05) is 5.32 Å². The number of hydrogen-bond donors (Lipinski definition) is 6. The van der Waals surface area contributed by atoms with Gasteiger partial charge in [0.15, 0.2) is 0 Å². The molecule has 0 aliphatic heterocycles. The van der Waals surface area contributed by atoms with E-state index in [4.69, 9.17) is 28.0 Å². The molecule has 0 saturated carbocycles. The molecule has 0 aliphatic carbocycles. The van der Waals surface area contributed by atoms with Gasteiger partial charge in [0.1, 0.15) is 49.3 Å². The highest BCUT2D eigenvalue weighted by atomic mass is 16.7. The molecule has 0 saturated heterocycles. The number of nitrogens with two attached hydrogens (primary N) is 4. The van der Waals surface area contributed by atoms with Crippen LogP contribution >= 0.6 is 0 Å². The highest BCUT2D eigenvalue weighted by molar-refractivity contribution is 5.94. The second-order valence-electron chi connectivity index (χ2n) is 14.3. The van der Waals surface area contributed by atoms with Gasteiger partial charge in [-0.3, -0.25) is 33.6 Å². The number of carboxylic acids is 1. The first-order chi connectivity index (χ1) is 38.4. The van der Waals surface area contributed by atoms with Crippen LogP contribution in [-0.2, 0) is 138 Å². The Morgan fingerprint density at radius 3 is 1.14 bits per heavy atom. The lowest BCUT2D eigenvalue weighted by atomic mass is 10.1. The minimum Gasteiger partial charge on any atom is -0.481 e. The van der Waals surface area contributed by atoms with Crippen molar-refractivity contribution in [2.45, 2.75) is 79.1 Å². The standard InChI is InChI=1S/C12H16N2O9.C12H17NO8.2C11H15NO7.2CH4/c1-21-10(18)2-3-11(19)22-6-23-12(20)7(4-9(16)17)14-8(15)5-13;1-8(14)9(13)7-21-12(17)20-6-5-19-11(16)4-3-10(15)18-2;1-7(13)8(12)5-11(16)19-6-18-10(15)4-3-9(14)17-2;1-7(13)5-8(12)11(16)19-6-18-10(15)4-3-9(14)17-2;;/h2-3,7H,4-6,13H2,1H3,(H,14,15)(H,16,17);3-4,9H,5-7,13H2,1-2H3;2*3-4,8H,5-6,12H2,1-2H3;2*1H4/b3-2+;3*4-3+;;/t7-;9-;2*8-;;/m0000../s1. The predicted octanol–water partition coefficient (Wildman–Crippen LogP) is -3.59. The summed E-state index contributed by atoms with van der Waals surface area (Å²) in [5.74, 6) is -12.3. The molecule has 0 aromatic heterocycles.